The molecule has 0 aromatic rings. The number of ether oxygens (including phenoxy) is 1. The van der Waals surface area contributed by atoms with Crippen LogP contribution in [-0.4, -0.2) is 13.2 Å². The molecule has 1 nitrogen and oxygen atoms in total. The van der Waals surface area contributed by atoms with E-state index in [1.165, 1.54) is 37.7 Å². The first-order valence-electron chi connectivity index (χ1n) is 5.14. The zero-order chi connectivity index (χ0) is 8.39. The molecule has 1 heterocycles. The van der Waals surface area contributed by atoms with Crippen molar-refractivity contribution in [1.82, 2.24) is 0 Å². The maximum atomic E-state index is 5.55. The summed E-state index contributed by atoms with van der Waals surface area (Å²) < 4.78 is 5.55. The number of rotatable bonds is 0. The van der Waals surface area contributed by atoms with Crippen molar-refractivity contribution in [3.63, 3.8) is 0 Å². The maximum absolute atomic E-state index is 5.55. The second-order valence-corrected chi connectivity index (χ2v) is 4.12. The van der Waals surface area contributed by atoms with Gasteiger partial charge in [-0.1, -0.05) is 18.4 Å². The second kappa shape index (κ2) is 3.61. The van der Waals surface area contributed by atoms with Crippen LogP contribution in [0.4, 0.5) is 0 Å². The lowest BCUT2D eigenvalue weighted by Gasteiger charge is -2.25. The number of hydrogen-bond donors (Lipinski definition) is 0. The molecule has 2 aliphatic rings. The Bertz CT molecular complexity index is 193. The average Bonchev–Trinajstić information content (AvgIpc) is 2.30. The van der Waals surface area contributed by atoms with Crippen LogP contribution in [-0.2, 0) is 4.74 Å². The Kier molecular flexibility index (Phi) is 2.50. The summed E-state index contributed by atoms with van der Waals surface area (Å²) in [6, 6.07) is 0. The summed E-state index contributed by atoms with van der Waals surface area (Å²) in [5, 5.41) is 0. The third-order valence-electron chi connectivity index (χ3n) is 3.18. The minimum absolute atomic E-state index is 0.779. The lowest BCUT2D eigenvalue weighted by molar-refractivity contribution is 0.108. The molecular weight excluding hydrogens is 148 g/mol. The highest BCUT2D eigenvalue weighted by atomic mass is 16.5. The zero-order valence-corrected chi connectivity index (χ0v) is 7.94. The quantitative estimate of drug-likeness (QED) is 0.503. The van der Waals surface area contributed by atoms with E-state index in [0.29, 0.717) is 0 Å². The Balaban J connectivity index is 2.17. The molecule has 0 aromatic carbocycles. The van der Waals surface area contributed by atoms with Gasteiger partial charge < -0.3 is 4.74 Å². The third kappa shape index (κ3) is 1.56. The second-order valence-electron chi connectivity index (χ2n) is 4.12. The molecule has 1 aliphatic carbocycles. The van der Waals surface area contributed by atoms with Crippen LogP contribution in [0.2, 0.25) is 0 Å². The summed E-state index contributed by atoms with van der Waals surface area (Å²) in [5.74, 6) is 0.779. The van der Waals surface area contributed by atoms with E-state index in [4.69, 9.17) is 4.74 Å². The Hall–Kier alpha value is -0.300. The van der Waals surface area contributed by atoms with Gasteiger partial charge in [-0.25, -0.2) is 0 Å². The lowest BCUT2D eigenvalue weighted by atomic mass is 9.90. The van der Waals surface area contributed by atoms with Crippen molar-refractivity contribution in [1.29, 1.82) is 0 Å². The number of fused-ring (bicyclic) bond motifs is 1. The summed E-state index contributed by atoms with van der Waals surface area (Å²) in [7, 11) is 0. The van der Waals surface area contributed by atoms with Gasteiger partial charge in [-0.2, -0.15) is 0 Å². The average molecular weight is 166 g/mol. The molecule has 0 aromatic heterocycles. The van der Waals surface area contributed by atoms with E-state index in [0.717, 1.165) is 19.1 Å². The van der Waals surface area contributed by atoms with E-state index in [1.807, 2.05) is 0 Å². The van der Waals surface area contributed by atoms with E-state index in [9.17, 15) is 0 Å². The molecule has 1 fully saturated rings. The molecule has 0 N–H and O–H groups in total. The lowest BCUT2D eigenvalue weighted by Crippen LogP contribution is -2.20. The van der Waals surface area contributed by atoms with Crippen molar-refractivity contribution >= 4 is 0 Å². The van der Waals surface area contributed by atoms with Crippen molar-refractivity contribution in [2.45, 2.75) is 39.0 Å². The van der Waals surface area contributed by atoms with Gasteiger partial charge in [-0.3, -0.25) is 0 Å². The highest BCUT2D eigenvalue weighted by molar-refractivity contribution is 5.18. The highest BCUT2D eigenvalue weighted by Gasteiger charge is 2.22. The molecule has 1 unspecified atom stereocenters. The summed E-state index contributed by atoms with van der Waals surface area (Å²) in [6.45, 7) is 4.13. The topological polar surface area (TPSA) is 9.23 Å². The standard InChI is InChI=1S/C11H18O/c1-9-7-12-8-10-5-3-2-4-6-11(9)10/h10H,2-8H2,1H3. The fourth-order valence-corrected chi connectivity index (χ4v) is 2.45. The van der Waals surface area contributed by atoms with Gasteiger partial charge in [0.05, 0.1) is 13.2 Å². The monoisotopic (exact) mass is 166 g/mol. The van der Waals surface area contributed by atoms with Gasteiger partial charge in [0.1, 0.15) is 0 Å². The minimum Gasteiger partial charge on any atom is -0.376 e. The largest absolute Gasteiger partial charge is 0.376 e. The molecule has 0 amide bonds. The highest BCUT2D eigenvalue weighted by Crippen LogP contribution is 2.33. The summed E-state index contributed by atoms with van der Waals surface area (Å²) in [4.78, 5) is 0. The zero-order valence-electron chi connectivity index (χ0n) is 7.94. The van der Waals surface area contributed by atoms with E-state index in [-0.39, 0.29) is 0 Å². The van der Waals surface area contributed by atoms with Crippen molar-refractivity contribution in [3.05, 3.63) is 11.1 Å². The molecule has 1 saturated carbocycles. The normalized spacial score (nSPS) is 31.2. The van der Waals surface area contributed by atoms with Gasteiger partial charge in [0.15, 0.2) is 0 Å². The van der Waals surface area contributed by atoms with Crippen LogP contribution in [0.25, 0.3) is 0 Å². The summed E-state index contributed by atoms with van der Waals surface area (Å²) in [5.41, 5.74) is 3.26. The molecule has 0 radical (unpaired) electrons. The molecular formula is C11H18O. The molecule has 68 valence electrons. The van der Waals surface area contributed by atoms with E-state index in [1.54, 1.807) is 5.57 Å². The molecule has 1 heteroatoms. The van der Waals surface area contributed by atoms with E-state index in [2.05, 4.69) is 6.92 Å². The van der Waals surface area contributed by atoms with Crippen molar-refractivity contribution in [3.8, 4) is 0 Å². The van der Waals surface area contributed by atoms with Crippen molar-refractivity contribution in [2.24, 2.45) is 5.92 Å². The predicted molar refractivity (Wildman–Crippen MR) is 50.1 cm³/mol. The van der Waals surface area contributed by atoms with Gasteiger partial charge in [0.2, 0.25) is 0 Å². The first-order chi connectivity index (χ1) is 5.88. The smallest absolute Gasteiger partial charge is 0.0677 e. The molecule has 1 aliphatic heterocycles. The number of hydrogen-bond acceptors (Lipinski definition) is 1. The van der Waals surface area contributed by atoms with Gasteiger partial charge in [0.25, 0.3) is 0 Å². The van der Waals surface area contributed by atoms with Crippen LogP contribution in [0.3, 0.4) is 0 Å². The fraction of sp³-hybridized carbons (Fsp3) is 0.818. The van der Waals surface area contributed by atoms with Crippen LogP contribution in [0.15, 0.2) is 11.1 Å². The van der Waals surface area contributed by atoms with Gasteiger partial charge in [0, 0.05) is 5.92 Å². The van der Waals surface area contributed by atoms with Gasteiger partial charge >= 0.3 is 0 Å². The predicted octanol–water partition coefficient (Wildman–Crippen LogP) is 2.91. The summed E-state index contributed by atoms with van der Waals surface area (Å²) >= 11 is 0. The van der Waals surface area contributed by atoms with E-state index < -0.39 is 0 Å². The SMILES string of the molecule is CC1=C2CCCCCC2COC1. The molecule has 0 bridgehead atoms. The third-order valence-corrected chi connectivity index (χ3v) is 3.18. The van der Waals surface area contributed by atoms with Crippen LogP contribution >= 0.6 is 0 Å². The maximum Gasteiger partial charge on any atom is 0.0677 e. The van der Waals surface area contributed by atoms with Gasteiger partial charge in [-0.05, 0) is 31.8 Å². The van der Waals surface area contributed by atoms with Crippen LogP contribution in [0.1, 0.15) is 39.0 Å². The molecule has 12 heavy (non-hydrogen) atoms. The fourth-order valence-electron chi connectivity index (χ4n) is 2.45. The Morgan fingerprint density at radius 3 is 3.08 bits per heavy atom. The first-order valence-corrected chi connectivity index (χ1v) is 5.14. The molecule has 0 spiro atoms. The minimum atomic E-state index is 0.779. The Morgan fingerprint density at radius 1 is 1.25 bits per heavy atom. The Labute approximate surface area is 74.8 Å². The van der Waals surface area contributed by atoms with Crippen molar-refractivity contribution < 1.29 is 4.74 Å². The summed E-state index contributed by atoms with van der Waals surface area (Å²) in [6.07, 6.45) is 6.95. The first kappa shape index (κ1) is 8.31. The van der Waals surface area contributed by atoms with E-state index >= 15 is 0 Å². The molecule has 2 rings (SSSR count). The van der Waals surface area contributed by atoms with Crippen LogP contribution in [0.5, 0.6) is 0 Å². The molecule has 1 atom stereocenters. The van der Waals surface area contributed by atoms with Crippen molar-refractivity contribution in [2.75, 3.05) is 13.2 Å². The Morgan fingerprint density at radius 2 is 2.17 bits per heavy atom. The van der Waals surface area contributed by atoms with Crippen LogP contribution < -0.4 is 0 Å². The molecule has 0 saturated heterocycles. The van der Waals surface area contributed by atoms with Crippen LogP contribution in [0, 0.1) is 5.92 Å². The van der Waals surface area contributed by atoms with Gasteiger partial charge in [-0.15, -0.1) is 0 Å².